The molecule has 5 heteroatoms. The van der Waals surface area contributed by atoms with Crippen molar-refractivity contribution in [2.24, 2.45) is 0 Å². The van der Waals surface area contributed by atoms with Gasteiger partial charge < -0.3 is 5.32 Å². The summed E-state index contributed by atoms with van der Waals surface area (Å²) < 4.78 is 38.3. The zero-order valence-electron chi connectivity index (χ0n) is 11.4. The number of hydrogen-bond donors (Lipinski definition) is 1. The van der Waals surface area contributed by atoms with Crippen LogP contribution in [0.2, 0.25) is 5.02 Å². The Morgan fingerprint density at radius 1 is 1.10 bits per heavy atom. The molecule has 0 spiro atoms. The number of halogens is 4. The first-order chi connectivity index (χ1) is 9.90. The van der Waals surface area contributed by atoms with Crippen LogP contribution in [0, 0.1) is 0 Å². The van der Waals surface area contributed by atoms with Gasteiger partial charge in [0.1, 0.15) is 0 Å². The van der Waals surface area contributed by atoms with Crippen LogP contribution in [-0.4, -0.2) is 7.05 Å². The standard InChI is InChI=1S/C16H15ClF3N/c1-21-15(9-11-4-2-7-14(17)8-11)12-5-3-6-13(10-12)16(18,19)20/h2-8,10,15,21H,9H2,1H3. The molecule has 2 rings (SSSR count). The molecular formula is C16H15ClF3N. The third-order valence-electron chi connectivity index (χ3n) is 3.29. The minimum absolute atomic E-state index is 0.203. The van der Waals surface area contributed by atoms with Gasteiger partial charge >= 0.3 is 6.18 Å². The van der Waals surface area contributed by atoms with E-state index in [-0.39, 0.29) is 6.04 Å². The molecular weight excluding hydrogens is 299 g/mol. The van der Waals surface area contributed by atoms with Crippen LogP contribution in [0.15, 0.2) is 48.5 Å². The molecule has 0 saturated heterocycles. The van der Waals surface area contributed by atoms with Crippen molar-refractivity contribution in [3.8, 4) is 0 Å². The molecule has 0 aromatic heterocycles. The summed E-state index contributed by atoms with van der Waals surface area (Å²) in [5, 5.41) is 3.67. The topological polar surface area (TPSA) is 12.0 Å². The van der Waals surface area contributed by atoms with Gasteiger partial charge in [-0.3, -0.25) is 0 Å². The minimum Gasteiger partial charge on any atom is -0.313 e. The second kappa shape index (κ2) is 6.50. The lowest BCUT2D eigenvalue weighted by molar-refractivity contribution is -0.137. The molecule has 21 heavy (non-hydrogen) atoms. The van der Waals surface area contributed by atoms with Crippen molar-refractivity contribution in [1.82, 2.24) is 5.32 Å². The van der Waals surface area contributed by atoms with Gasteiger partial charge in [0.25, 0.3) is 0 Å². The Morgan fingerprint density at radius 2 is 1.81 bits per heavy atom. The number of likely N-dealkylation sites (N-methyl/N-ethyl adjacent to an activating group) is 1. The fraction of sp³-hybridized carbons (Fsp3) is 0.250. The van der Waals surface area contributed by atoms with Crippen LogP contribution in [0.1, 0.15) is 22.7 Å². The van der Waals surface area contributed by atoms with Gasteiger partial charge in [-0.15, -0.1) is 0 Å². The molecule has 0 aliphatic heterocycles. The summed E-state index contributed by atoms with van der Waals surface area (Å²) in [6.45, 7) is 0. The van der Waals surface area contributed by atoms with Gasteiger partial charge in [0.15, 0.2) is 0 Å². The highest BCUT2D eigenvalue weighted by atomic mass is 35.5. The Kier molecular flexibility index (Phi) is 4.91. The molecule has 1 N–H and O–H groups in total. The van der Waals surface area contributed by atoms with Crippen LogP contribution in [0.5, 0.6) is 0 Å². The van der Waals surface area contributed by atoms with Gasteiger partial charge in [0.05, 0.1) is 5.56 Å². The van der Waals surface area contributed by atoms with E-state index in [0.717, 1.165) is 11.6 Å². The van der Waals surface area contributed by atoms with E-state index in [0.29, 0.717) is 17.0 Å². The van der Waals surface area contributed by atoms with Crippen LogP contribution in [-0.2, 0) is 12.6 Å². The van der Waals surface area contributed by atoms with Gasteiger partial charge in [-0.1, -0.05) is 35.9 Å². The Morgan fingerprint density at radius 3 is 2.43 bits per heavy atom. The summed E-state index contributed by atoms with van der Waals surface area (Å²) >= 11 is 5.93. The number of hydrogen-bond acceptors (Lipinski definition) is 1. The van der Waals surface area contributed by atoms with E-state index in [2.05, 4.69) is 5.32 Å². The van der Waals surface area contributed by atoms with Gasteiger partial charge in [-0.2, -0.15) is 13.2 Å². The molecule has 0 bridgehead atoms. The van der Waals surface area contributed by atoms with E-state index < -0.39 is 11.7 Å². The average Bonchev–Trinajstić information content (AvgIpc) is 2.44. The van der Waals surface area contributed by atoms with E-state index in [1.807, 2.05) is 18.2 Å². The van der Waals surface area contributed by atoms with Gasteiger partial charge in [-0.05, 0) is 48.9 Å². The van der Waals surface area contributed by atoms with Gasteiger partial charge in [0, 0.05) is 11.1 Å². The van der Waals surface area contributed by atoms with Gasteiger partial charge in [-0.25, -0.2) is 0 Å². The van der Waals surface area contributed by atoms with E-state index >= 15 is 0 Å². The maximum absolute atomic E-state index is 12.8. The SMILES string of the molecule is CNC(Cc1cccc(Cl)c1)c1cccc(C(F)(F)F)c1. The smallest absolute Gasteiger partial charge is 0.313 e. The average molecular weight is 314 g/mol. The highest BCUT2D eigenvalue weighted by Crippen LogP contribution is 2.31. The van der Waals surface area contributed by atoms with Crippen molar-refractivity contribution in [3.05, 3.63) is 70.2 Å². The molecule has 1 atom stereocenters. The molecule has 2 aromatic rings. The summed E-state index contributed by atoms with van der Waals surface area (Å²) in [5.41, 5.74) is 0.943. The van der Waals surface area contributed by atoms with Crippen molar-refractivity contribution in [3.63, 3.8) is 0 Å². The summed E-state index contributed by atoms with van der Waals surface area (Å²) in [7, 11) is 1.73. The fourth-order valence-corrected chi connectivity index (χ4v) is 2.43. The molecule has 1 nitrogen and oxygen atoms in total. The largest absolute Gasteiger partial charge is 0.416 e. The molecule has 112 valence electrons. The summed E-state index contributed by atoms with van der Waals surface area (Å²) in [6.07, 6.45) is -3.76. The van der Waals surface area contributed by atoms with Crippen molar-refractivity contribution >= 4 is 11.6 Å². The summed E-state index contributed by atoms with van der Waals surface area (Å²) in [5.74, 6) is 0. The number of rotatable bonds is 4. The fourth-order valence-electron chi connectivity index (χ4n) is 2.22. The lowest BCUT2D eigenvalue weighted by atomic mass is 9.97. The molecule has 0 amide bonds. The first-order valence-corrected chi connectivity index (χ1v) is 6.87. The lowest BCUT2D eigenvalue weighted by Crippen LogP contribution is -2.19. The number of benzene rings is 2. The molecule has 0 aliphatic carbocycles. The van der Waals surface area contributed by atoms with E-state index in [1.54, 1.807) is 19.2 Å². The quantitative estimate of drug-likeness (QED) is 0.850. The zero-order valence-corrected chi connectivity index (χ0v) is 12.2. The Labute approximate surface area is 126 Å². The van der Waals surface area contributed by atoms with Gasteiger partial charge in [0.2, 0.25) is 0 Å². The second-order valence-electron chi connectivity index (χ2n) is 4.80. The van der Waals surface area contributed by atoms with Crippen LogP contribution >= 0.6 is 11.6 Å². The minimum atomic E-state index is -4.33. The van der Waals surface area contributed by atoms with Crippen molar-refractivity contribution in [2.45, 2.75) is 18.6 Å². The van der Waals surface area contributed by atoms with E-state index in [4.69, 9.17) is 11.6 Å². The molecule has 0 aliphatic rings. The molecule has 2 aromatic carbocycles. The zero-order chi connectivity index (χ0) is 15.5. The highest BCUT2D eigenvalue weighted by Gasteiger charge is 2.30. The maximum Gasteiger partial charge on any atom is 0.416 e. The second-order valence-corrected chi connectivity index (χ2v) is 5.23. The number of alkyl halides is 3. The molecule has 0 heterocycles. The van der Waals surface area contributed by atoms with E-state index in [9.17, 15) is 13.2 Å². The van der Waals surface area contributed by atoms with Crippen LogP contribution < -0.4 is 5.32 Å². The summed E-state index contributed by atoms with van der Waals surface area (Å²) in [4.78, 5) is 0. The molecule has 1 unspecified atom stereocenters. The lowest BCUT2D eigenvalue weighted by Gasteiger charge is -2.18. The normalized spacial score (nSPS) is 13.2. The predicted molar refractivity (Wildman–Crippen MR) is 78.4 cm³/mol. The predicted octanol–water partition coefficient (Wildman–Crippen LogP) is 4.86. The maximum atomic E-state index is 12.8. The first-order valence-electron chi connectivity index (χ1n) is 6.49. The van der Waals surface area contributed by atoms with Crippen molar-refractivity contribution < 1.29 is 13.2 Å². The highest BCUT2D eigenvalue weighted by molar-refractivity contribution is 6.30. The van der Waals surface area contributed by atoms with Crippen LogP contribution in [0.4, 0.5) is 13.2 Å². The van der Waals surface area contributed by atoms with E-state index in [1.165, 1.54) is 12.1 Å². The third kappa shape index (κ3) is 4.22. The monoisotopic (exact) mass is 313 g/mol. The van der Waals surface area contributed by atoms with Crippen molar-refractivity contribution in [2.75, 3.05) is 7.05 Å². The number of nitrogens with one attached hydrogen (secondary N) is 1. The molecule has 0 radical (unpaired) electrons. The third-order valence-corrected chi connectivity index (χ3v) is 3.53. The first kappa shape index (κ1) is 15.9. The molecule has 0 saturated carbocycles. The Hall–Kier alpha value is -1.52. The Bertz CT molecular complexity index is 610. The summed E-state index contributed by atoms with van der Waals surface area (Å²) in [6, 6.07) is 12.5. The van der Waals surface area contributed by atoms with Crippen molar-refractivity contribution in [1.29, 1.82) is 0 Å². The molecule has 0 fully saturated rings. The Balaban J connectivity index is 2.25. The van der Waals surface area contributed by atoms with Crippen LogP contribution in [0.25, 0.3) is 0 Å². The van der Waals surface area contributed by atoms with Crippen LogP contribution in [0.3, 0.4) is 0 Å².